The largest absolute Gasteiger partial charge is 0.496 e. The van der Waals surface area contributed by atoms with Gasteiger partial charge in [-0.3, -0.25) is 0 Å². The van der Waals surface area contributed by atoms with Crippen molar-refractivity contribution in [3.05, 3.63) is 34.9 Å². The molecule has 1 aromatic carbocycles. The number of nitrogens with two attached hydrogens (primary N) is 1. The normalized spacial score (nSPS) is 10.7. The van der Waals surface area contributed by atoms with Gasteiger partial charge in [0.15, 0.2) is 0 Å². The van der Waals surface area contributed by atoms with Gasteiger partial charge < -0.3 is 14.9 Å². The summed E-state index contributed by atoms with van der Waals surface area (Å²) in [5.74, 6) is 1.48. The van der Waals surface area contributed by atoms with Crippen LogP contribution >= 0.6 is 0 Å². The first kappa shape index (κ1) is 12.6. The van der Waals surface area contributed by atoms with Crippen molar-refractivity contribution in [2.45, 2.75) is 27.3 Å². The number of aromatic nitrogens is 1. The van der Waals surface area contributed by atoms with Gasteiger partial charge in [-0.05, 0) is 43.5 Å². The maximum Gasteiger partial charge on any atom is 0.208 e. The van der Waals surface area contributed by atoms with Crippen molar-refractivity contribution in [2.75, 3.05) is 7.11 Å². The molecule has 2 aromatic rings. The van der Waals surface area contributed by atoms with Crippen molar-refractivity contribution in [1.29, 1.82) is 0 Å². The molecule has 0 radical (unpaired) electrons. The highest BCUT2D eigenvalue weighted by Crippen LogP contribution is 2.33. The number of nitrogens with zero attached hydrogens (tertiary/aromatic N) is 1. The minimum absolute atomic E-state index is 0.313. The molecule has 0 bridgehead atoms. The van der Waals surface area contributed by atoms with Gasteiger partial charge in [0.2, 0.25) is 5.89 Å². The number of hydrogen-bond donors (Lipinski definition) is 1. The third kappa shape index (κ3) is 1.99. The molecule has 18 heavy (non-hydrogen) atoms. The van der Waals surface area contributed by atoms with E-state index in [4.69, 9.17) is 14.9 Å². The van der Waals surface area contributed by atoms with Crippen molar-refractivity contribution >= 4 is 0 Å². The Morgan fingerprint density at radius 2 is 2.00 bits per heavy atom. The van der Waals surface area contributed by atoms with E-state index in [9.17, 15) is 0 Å². The summed E-state index contributed by atoms with van der Waals surface area (Å²) in [6.07, 6.45) is 1.65. The van der Waals surface area contributed by atoms with Crippen molar-refractivity contribution in [3.8, 4) is 17.0 Å². The predicted octanol–water partition coefficient (Wildman–Crippen LogP) is 2.73. The van der Waals surface area contributed by atoms with Gasteiger partial charge >= 0.3 is 0 Å². The van der Waals surface area contributed by atoms with E-state index in [2.05, 4.69) is 24.9 Å². The van der Waals surface area contributed by atoms with Gasteiger partial charge in [0.1, 0.15) is 17.7 Å². The van der Waals surface area contributed by atoms with Crippen LogP contribution in [0.2, 0.25) is 0 Å². The fraction of sp³-hybridized carbons (Fsp3) is 0.357. The predicted molar refractivity (Wildman–Crippen MR) is 70.6 cm³/mol. The number of methoxy groups -OCH3 is 1. The molecule has 4 heteroatoms. The van der Waals surface area contributed by atoms with Crippen LogP contribution < -0.4 is 10.5 Å². The summed E-state index contributed by atoms with van der Waals surface area (Å²) in [5.41, 5.74) is 10.8. The fourth-order valence-electron chi connectivity index (χ4n) is 2.17. The molecule has 96 valence electrons. The van der Waals surface area contributed by atoms with E-state index >= 15 is 0 Å². The Morgan fingerprint density at radius 1 is 1.28 bits per heavy atom. The summed E-state index contributed by atoms with van der Waals surface area (Å²) >= 11 is 0. The van der Waals surface area contributed by atoms with Crippen LogP contribution in [-0.4, -0.2) is 12.1 Å². The van der Waals surface area contributed by atoms with E-state index in [0.29, 0.717) is 12.4 Å². The molecule has 4 nitrogen and oxygen atoms in total. The van der Waals surface area contributed by atoms with Crippen molar-refractivity contribution < 1.29 is 9.15 Å². The highest BCUT2D eigenvalue weighted by atomic mass is 16.5. The standard InChI is InChI=1S/C14H18N2O2/c1-8-5-11(9(2)10(3)14(8)17-4)12-7-18-13(6-15)16-12/h5,7H,6,15H2,1-4H3. The Labute approximate surface area is 107 Å². The van der Waals surface area contributed by atoms with Gasteiger partial charge in [-0.2, -0.15) is 0 Å². The lowest BCUT2D eigenvalue weighted by atomic mass is 9.97. The van der Waals surface area contributed by atoms with Crippen molar-refractivity contribution in [3.63, 3.8) is 0 Å². The molecule has 2 N–H and O–H groups in total. The Kier molecular flexibility index (Phi) is 3.39. The summed E-state index contributed by atoms with van der Waals surface area (Å²) in [6.45, 7) is 6.45. The fourth-order valence-corrected chi connectivity index (χ4v) is 2.17. The molecule has 0 fully saturated rings. The smallest absolute Gasteiger partial charge is 0.208 e. The van der Waals surface area contributed by atoms with Gasteiger partial charge in [0.05, 0.1) is 13.7 Å². The van der Waals surface area contributed by atoms with Crippen LogP contribution in [0.25, 0.3) is 11.3 Å². The first-order valence-corrected chi connectivity index (χ1v) is 5.88. The van der Waals surface area contributed by atoms with Crippen LogP contribution in [0.3, 0.4) is 0 Å². The minimum atomic E-state index is 0.313. The highest BCUT2D eigenvalue weighted by molar-refractivity contribution is 5.68. The maximum atomic E-state index is 5.51. The molecule has 0 amide bonds. The van der Waals surface area contributed by atoms with E-state index in [1.165, 1.54) is 0 Å². The molecule has 2 rings (SSSR count). The van der Waals surface area contributed by atoms with E-state index in [0.717, 1.165) is 33.7 Å². The Hall–Kier alpha value is -1.81. The maximum absolute atomic E-state index is 5.51. The average Bonchev–Trinajstić information content (AvgIpc) is 2.83. The molecule has 0 saturated heterocycles. The third-order valence-electron chi connectivity index (χ3n) is 3.23. The van der Waals surface area contributed by atoms with Crippen LogP contribution in [0.4, 0.5) is 0 Å². The van der Waals surface area contributed by atoms with E-state index in [1.54, 1.807) is 13.4 Å². The zero-order valence-corrected chi connectivity index (χ0v) is 11.2. The second-order valence-electron chi connectivity index (χ2n) is 4.35. The monoisotopic (exact) mass is 246 g/mol. The zero-order chi connectivity index (χ0) is 13.3. The minimum Gasteiger partial charge on any atom is -0.496 e. The van der Waals surface area contributed by atoms with Crippen LogP contribution in [0.1, 0.15) is 22.6 Å². The average molecular weight is 246 g/mol. The number of hydrogen-bond acceptors (Lipinski definition) is 4. The summed E-state index contributed by atoms with van der Waals surface area (Å²) in [5, 5.41) is 0. The second-order valence-corrected chi connectivity index (χ2v) is 4.35. The van der Waals surface area contributed by atoms with Crippen LogP contribution in [0, 0.1) is 20.8 Å². The zero-order valence-electron chi connectivity index (χ0n) is 11.2. The number of benzene rings is 1. The van der Waals surface area contributed by atoms with Gasteiger partial charge in [-0.25, -0.2) is 4.98 Å². The van der Waals surface area contributed by atoms with Gasteiger partial charge in [0.25, 0.3) is 0 Å². The van der Waals surface area contributed by atoms with E-state index in [1.807, 2.05) is 6.92 Å². The number of oxazole rings is 1. The van der Waals surface area contributed by atoms with Gasteiger partial charge in [0, 0.05) is 5.56 Å². The number of ether oxygens (including phenoxy) is 1. The molecule has 0 aliphatic carbocycles. The molecule has 0 unspecified atom stereocenters. The molecule has 1 heterocycles. The summed E-state index contributed by atoms with van der Waals surface area (Å²) in [6, 6.07) is 2.07. The molecular weight excluding hydrogens is 228 g/mol. The Bertz CT molecular complexity index is 573. The molecular formula is C14H18N2O2. The quantitative estimate of drug-likeness (QED) is 0.904. The SMILES string of the molecule is COc1c(C)cc(-c2coc(CN)n2)c(C)c1C. The molecule has 0 saturated carbocycles. The van der Waals surface area contributed by atoms with Crippen molar-refractivity contribution in [2.24, 2.45) is 5.73 Å². The lowest BCUT2D eigenvalue weighted by molar-refractivity contribution is 0.408. The molecule has 0 spiro atoms. The number of aryl methyl sites for hydroxylation is 1. The first-order valence-electron chi connectivity index (χ1n) is 5.88. The highest BCUT2D eigenvalue weighted by Gasteiger charge is 2.14. The van der Waals surface area contributed by atoms with Crippen LogP contribution in [-0.2, 0) is 6.54 Å². The van der Waals surface area contributed by atoms with Crippen LogP contribution in [0.5, 0.6) is 5.75 Å². The lowest BCUT2D eigenvalue weighted by Gasteiger charge is -2.14. The van der Waals surface area contributed by atoms with Gasteiger partial charge in [-0.15, -0.1) is 0 Å². The Morgan fingerprint density at radius 3 is 2.56 bits per heavy atom. The van der Waals surface area contributed by atoms with Crippen molar-refractivity contribution in [1.82, 2.24) is 4.98 Å². The third-order valence-corrected chi connectivity index (χ3v) is 3.23. The van der Waals surface area contributed by atoms with Crippen LogP contribution in [0.15, 0.2) is 16.7 Å². The van der Waals surface area contributed by atoms with E-state index < -0.39 is 0 Å². The summed E-state index contributed by atoms with van der Waals surface area (Å²) < 4.78 is 10.7. The second kappa shape index (κ2) is 4.82. The topological polar surface area (TPSA) is 61.3 Å². The number of rotatable bonds is 3. The molecule has 1 aromatic heterocycles. The van der Waals surface area contributed by atoms with Gasteiger partial charge in [-0.1, -0.05) is 0 Å². The molecule has 0 atom stereocenters. The lowest BCUT2D eigenvalue weighted by Crippen LogP contribution is -1.98. The summed E-state index contributed by atoms with van der Waals surface area (Å²) in [7, 11) is 1.69. The Balaban J connectivity index is 2.58. The first-order chi connectivity index (χ1) is 8.58. The van der Waals surface area contributed by atoms with E-state index in [-0.39, 0.29) is 0 Å². The molecule has 0 aliphatic rings. The summed E-state index contributed by atoms with van der Waals surface area (Å²) in [4.78, 5) is 4.37. The molecule has 0 aliphatic heterocycles.